The van der Waals surface area contributed by atoms with E-state index in [1.54, 1.807) is 0 Å². The quantitative estimate of drug-likeness (QED) is 0.903. The van der Waals surface area contributed by atoms with E-state index in [0.717, 1.165) is 23.1 Å². The number of fused-ring (bicyclic) bond motifs is 1. The van der Waals surface area contributed by atoms with E-state index in [0.29, 0.717) is 24.7 Å². The Morgan fingerprint density at radius 3 is 2.38 bits per heavy atom. The summed E-state index contributed by atoms with van der Waals surface area (Å²) in [5.41, 5.74) is 2.72. The molecule has 1 heterocycles. The van der Waals surface area contributed by atoms with Gasteiger partial charge in [0.15, 0.2) is 11.5 Å². The van der Waals surface area contributed by atoms with Crippen molar-refractivity contribution in [2.24, 2.45) is 0 Å². The predicted octanol–water partition coefficient (Wildman–Crippen LogP) is 2.78. The maximum Gasteiger partial charge on any atom is 0.216 e. The van der Waals surface area contributed by atoms with Crippen LogP contribution in [0.1, 0.15) is 23.1 Å². The Morgan fingerprint density at radius 1 is 0.958 bits per heavy atom. The number of sulfonamides is 1. The number of hydrogen-bond acceptors (Lipinski definition) is 4. The van der Waals surface area contributed by atoms with Crippen molar-refractivity contribution < 1.29 is 17.9 Å². The molecule has 0 spiro atoms. The minimum absolute atomic E-state index is 0.0299. The first-order chi connectivity index (χ1) is 11.5. The topological polar surface area (TPSA) is 64.6 Å². The largest absolute Gasteiger partial charge is 0.490 e. The van der Waals surface area contributed by atoms with E-state index >= 15 is 0 Å². The van der Waals surface area contributed by atoms with E-state index in [2.05, 4.69) is 4.72 Å². The summed E-state index contributed by atoms with van der Waals surface area (Å²) in [6.45, 7) is 3.44. The third-order valence-corrected chi connectivity index (χ3v) is 5.08. The maximum atomic E-state index is 12.2. The molecule has 3 rings (SSSR count). The first-order valence-corrected chi connectivity index (χ1v) is 9.58. The number of ether oxygens (including phenoxy) is 2. The van der Waals surface area contributed by atoms with E-state index in [1.807, 2.05) is 49.4 Å². The van der Waals surface area contributed by atoms with Crippen molar-refractivity contribution in [3.8, 4) is 11.5 Å². The summed E-state index contributed by atoms with van der Waals surface area (Å²) in [7, 11) is -3.40. The van der Waals surface area contributed by atoms with Crippen LogP contribution in [0.4, 0.5) is 0 Å². The zero-order valence-corrected chi connectivity index (χ0v) is 14.4. The number of rotatable bonds is 5. The molecule has 1 aliphatic rings. The van der Waals surface area contributed by atoms with E-state index in [-0.39, 0.29) is 12.3 Å². The molecule has 1 aliphatic heterocycles. The molecule has 0 saturated carbocycles. The number of benzene rings is 2. The Labute approximate surface area is 142 Å². The number of nitrogens with one attached hydrogen (secondary N) is 1. The maximum absolute atomic E-state index is 12.2. The van der Waals surface area contributed by atoms with Crippen LogP contribution in [0.25, 0.3) is 0 Å². The highest BCUT2D eigenvalue weighted by Crippen LogP contribution is 2.30. The van der Waals surface area contributed by atoms with Gasteiger partial charge >= 0.3 is 0 Å². The summed E-state index contributed by atoms with van der Waals surface area (Å²) < 4.78 is 38.3. The Morgan fingerprint density at radius 2 is 1.62 bits per heavy atom. The minimum Gasteiger partial charge on any atom is -0.490 e. The van der Waals surface area contributed by atoms with Crippen LogP contribution in [-0.4, -0.2) is 21.6 Å². The van der Waals surface area contributed by atoms with Crippen molar-refractivity contribution in [1.29, 1.82) is 0 Å². The standard InChI is InChI=1S/C18H21NO4S/c1-14-3-5-15(6-4-14)13-24(20,21)19-12-16-7-8-17-18(11-16)23-10-2-9-22-17/h3-8,11,19H,2,9-10,12-13H2,1H3. The summed E-state index contributed by atoms with van der Waals surface area (Å²) in [5, 5.41) is 0. The normalized spacial score (nSPS) is 14.2. The van der Waals surface area contributed by atoms with Gasteiger partial charge in [-0.1, -0.05) is 35.9 Å². The van der Waals surface area contributed by atoms with Crippen molar-refractivity contribution in [1.82, 2.24) is 4.72 Å². The molecule has 0 unspecified atom stereocenters. The van der Waals surface area contributed by atoms with Crippen LogP contribution >= 0.6 is 0 Å². The van der Waals surface area contributed by atoms with Crippen molar-refractivity contribution in [3.05, 3.63) is 59.2 Å². The summed E-state index contributed by atoms with van der Waals surface area (Å²) in [6.07, 6.45) is 0.840. The monoisotopic (exact) mass is 347 g/mol. The lowest BCUT2D eigenvalue weighted by Gasteiger charge is -2.11. The molecule has 2 aromatic rings. The van der Waals surface area contributed by atoms with Gasteiger partial charge in [0.25, 0.3) is 0 Å². The molecule has 1 N–H and O–H groups in total. The fourth-order valence-corrected chi connectivity index (χ4v) is 3.59. The average molecular weight is 347 g/mol. The second-order valence-corrected chi connectivity index (χ2v) is 7.70. The van der Waals surface area contributed by atoms with Gasteiger partial charge in [0.05, 0.1) is 19.0 Å². The van der Waals surface area contributed by atoms with Gasteiger partial charge in [0.1, 0.15) is 0 Å². The molecule has 0 fully saturated rings. The summed E-state index contributed by atoms with van der Waals surface area (Å²) in [5.74, 6) is 1.35. The first kappa shape index (κ1) is 16.8. The smallest absolute Gasteiger partial charge is 0.216 e. The Balaban J connectivity index is 1.64. The Bertz CT molecular complexity index is 800. The number of aryl methyl sites for hydroxylation is 1. The fourth-order valence-electron chi connectivity index (χ4n) is 2.47. The second-order valence-electron chi connectivity index (χ2n) is 5.90. The molecular formula is C18H21NO4S. The van der Waals surface area contributed by atoms with Crippen molar-refractivity contribution in [2.75, 3.05) is 13.2 Å². The fraction of sp³-hybridized carbons (Fsp3) is 0.333. The molecule has 0 bridgehead atoms. The van der Waals surface area contributed by atoms with Gasteiger partial charge in [0, 0.05) is 13.0 Å². The van der Waals surface area contributed by atoms with Crippen LogP contribution in [0.2, 0.25) is 0 Å². The third-order valence-electron chi connectivity index (χ3n) is 3.79. The van der Waals surface area contributed by atoms with E-state index in [9.17, 15) is 8.42 Å². The molecule has 128 valence electrons. The van der Waals surface area contributed by atoms with Crippen LogP contribution in [0.5, 0.6) is 11.5 Å². The van der Waals surface area contributed by atoms with E-state index in [4.69, 9.17) is 9.47 Å². The molecule has 0 aliphatic carbocycles. The van der Waals surface area contributed by atoms with Gasteiger partial charge < -0.3 is 9.47 Å². The molecule has 2 aromatic carbocycles. The lowest BCUT2D eigenvalue weighted by molar-refractivity contribution is 0.297. The van der Waals surface area contributed by atoms with Crippen LogP contribution < -0.4 is 14.2 Å². The number of hydrogen-bond donors (Lipinski definition) is 1. The zero-order chi connectivity index (χ0) is 17.0. The van der Waals surface area contributed by atoms with Gasteiger partial charge in [-0.2, -0.15) is 0 Å². The minimum atomic E-state index is -3.40. The second kappa shape index (κ2) is 7.23. The lowest BCUT2D eigenvalue weighted by Crippen LogP contribution is -2.24. The molecule has 0 aromatic heterocycles. The van der Waals surface area contributed by atoms with Crippen LogP contribution in [0.15, 0.2) is 42.5 Å². The van der Waals surface area contributed by atoms with Crippen molar-refractivity contribution in [2.45, 2.75) is 25.6 Å². The molecule has 0 atom stereocenters. The van der Waals surface area contributed by atoms with Gasteiger partial charge in [-0.25, -0.2) is 13.1 Å². The van der Waals surface area contributed by atoms with Gasteiger partial charge in [-0.3, -0.25) is 0 Å². The lowest BCUT2D eigenvalue weighted by atomic mass is 10.2. The average Bonchev–Trinajstić information content (AvgIpc) is 2.80. The molecule has 5 nitrogen and oxygen atoms in total. The Hall–Kier alpha value is -2.05. The first-order valence-electron chi connectivity index (χ1n) is 7.93. The molecule has 0 radical (unpaired) electrons. The van der Waals surface area contributed by atoms with Crippen LogP contribution in [-0.2, 0) is 22.3 Å². The van der Waals surface area contributed by atoms with Crippen molar-refractivity contribution >= 4 is 10.0 Å². The molecular weight excluding hydrogens is 326 g/mol. The predicted molar refractivity (Wildman–Crippen MR) is 92.7 cm³/mol. The SMILES string of the molecule is Cc1ccc(CS(=O)(=O)NCc2ccc3c(c2)OCCCO3)cc1. The third kappa shape index (κ3) is 4.49. The zero-order valence-electron chi connectivity index (χ0n) is 13.6. The molecule has 6 heteroatoms. The highest BCUT2D eigenvalue weighted by atomic mass is 32.2. The van der Waals surface area contributed by atoms with Gasteiger partial charge in [-0.15, -0.1) is 0 Å². The van der Waals surface area contributed by atoms with Gasteiger partial charge in [-0.05, 0) is 30.2 Å². The molecule has 0 amide bonds. The molecule has 0 saturated heterocycles. The summed E-state index contributed by atoms with van der Waals surface area (Å²) >= 11 is 0. The van der Waals surface area contributed by atoms with E-state index < -0.39 is 10.0 Å². The van der Waals surface area contributed by atoms with E-state index in [1.165, 1.54) is 0 Å². The summed E-state index contributed by atoms with van der Waals surface area (Å²) in [6, 6.07) is 13.0. The Kier molecular flexibility index (Phi) is 5.06. The molecule has 24 heavy (non-hydrogen) atoms. The van der Waals surface area contributed by atoms with Crippen LogP contribution in [0, 0.1) is 6.92 Å². The highest BCUT2D eigenvalue weighted by Gasteiger charge is 2.14. The van der Waals surface area contributed by atoms with Gasteiger partial charge in [0.2, 0.25) is 10.0 Å². The van der Waals surface area contributed by atoms with Crippen molar-refractivity contribution in [3.63, 3.8) is 0 Å². The highest BCUT2D eigenvalue weighted by molar-refractivity contribution is 7.88. The summed E-state index contributed by atoms with van der Waals surface area (Å²) in [4.78, 5) is 0. The van der Waals surface area contributed by atoms with Crippen LogP contribution in [0.3, 0.4) is 0 Å².